The van der Waals surface area contributed by atoms with E-state index in [9.17, 15) is 0 Å². The summed E-state index contributed by atoms with van der Waals surface area (Å²) < 4.78 is 2.93. The van der Waals surface area contributed by atoms with Gasteiger partial charge in [-0.3, -0.25) is 0 Å². The predicted octanol–water partition coefficient (Wildman–Crippen LogP) is 16.8. The first-order valence-electron chi connectivity index (χ1n) is 21.7. The molecule has 1 heterocycles. The van der Waals surface area contributed by atoms with Gasteiger partial charge in [-0.05, 0) is 71.8 Å². The Bertz CT molecular complexity index is 3200. The zero-order valence-electron chi connectivity index (χ0n) is 35.1. The van der Waals surface area contributed by atoms with Gasteiger partial charge in [-0.25, -0.2) is 0 Å². The Morgan fingerprint density at radius 2 is 0.469 bits per heavy atom. The molecule has 10 aromatic carbocycles. The van der Waals surface area contributed by atoms with E-state index in [1.54, 1.807) is 0 Å². The summed E-state index contributed by atoms with van der Waals surface area (Å²) in [6, 6.07) is 93.9. The van der Waals surface area contributed by atoms with Gasteiger partial charge in [0.25, 0.3) is 0 Å². The van der Waals surface area contributed by atoms with Crippen LogP contribution in [0.3, 0.4) is 0 Å². The summed E-state index contributed by atoms with van der Waals surface area (Å²) in [4.78, 5) is 6.96. The van der Waals surface area contributed by atoms with E-state index < -0.39 is 0 Å². The average Bonchev–Trinajstić information content (AvgIpc) is 3.75. The molecular weight excluding hydrogens is 842 g/mol. The summed E-state index contributed by atoms with van der Waals surface area (Å²) in [6.07, 6.45) is 0. The molecule has 11 aromatic rings. The second-order valence-corrected chi connectivity index (χ2v) is 18.1. The van der Waals surface area contributed by atoms with Crippen LogP contribution in [0.4, 0.5) is 51.2 Å². The van der Waals surface area contributed by atoms with Crippen LogP contribution in [0, 0.1) is 0 Å². The van der Waals surface area contributed by atoms with Crippen LogP contribution in [-0.2, 0) is 0 Å². The van der Waals surface area contributed by atoms with Crippen molar-refractivity contribution in [1.29, 1.82) is 0 Å². The van der Waals surface area contributed by atoms with E-state index in [1.165, 1.54) is 30.4 Å². The Labute approximate surface area is 380 Å². The minimum Gasteiger partial charge on any atom is -0.0602 e. The summed E-state index contributed by atoms with van der Waals surface area (Å²) in [7, 11) is 0. The van der Waals surface area contributed by atoms with E-state index in [0.717, 1.165) is 62.3 Å². The molecule has 0 aliphatic carbocycles. The van der Waals surface area contributed by atoms with Crippen molar-refractivity contribution >= 4 is 85.0 Å². The van der Waals surface area contributed by atoms with Crippen molar-refractivity contribution in [3.8, 4) is 22.3 Å². The van der Waals surface area contributed by atoms with Crippen LogP contribution in [0.25, 0.3) is 41.5 Å². The number of rotatable bonds is 11. The fraction of sp³-hybridized carbons (Fsp3) is 0. The average molecular weight is 885 g/mol. The van der Waals surface area contributed by atoms with Crippen LogP contribution in [0.1, 0.15) is 0 Å². The summed E-state index contributed by atoms with van der Waals surface area (Å²) >= 11 is 0.356. The first-order chi connectivity index (χ1) is 31.7. The Hall–Kier alpha value is -7.88. The van der Waals surface area contributed by atoms with Crippen molar-refractivity contribution in [3.05, 3.63) is 261 Å². The molecule has 0 aliphatic rings. The number of benzene rings is 10. The van der Waals surface area contributed by atoms with Gasteiger partial charge in [0.15, 0.2) is 0 Å². The molecule has 0 atom stereocenters. The molecule has 0 saturated heterocycles. The number of hydrogen-bond donors (Lipinski definition) is 0. The molecule has 0 bridgehead atoms. The molecule has 0 unspecified atom stereocenters. The maximum absolute atomic E-state index is 2.38. The normalized spacial score (nSPS) is 11.1. The summed E-state index contributed by atoms with van der Waals surface area (Å²) in [5.74, 6) is 0. The fourth-order valence-corrected chi connectivity index (χ4v) is 11.0. The van der Waals surface area contributed by atoms with E-state index in [1.807, 2.05) is 0 Å². The minimum absolute atomic E-state index is 0.356. The number of fused-ring (bicyclic) bond motifs is 3. The van der Waals surface area contributed by atoms with Crippen LogP contribution < -0.4 is 14.7 Å². The summed E-state index contributed by atoms with van der Waals surface area (Å²) in [6.45, 7) is 0. The molecule has 0 radical (unpaired) electrons. The third-order valence-electron chi connectivity index (χ3n) is 11.8. The van der Waals surface area contributed by atoms with E-state index >= 15 is 0 Å². The molecule has 0 spiro atoms. The summed E-state index contributed by atoms with van der Waals surface area (Å²) in [5.41, 5.74) is 14.7. The van der Waals surface area contributed by atoms with Crippen molar-refractivity contribution in [3.63, 3.8) is 0 Å². The Morgan fingerprint density at radius 1 is 0.203 bits per heavy atom. The van der Waals surface area contributed by atoms with Crippen LogP contribution in [0.15, 0.2) is 261 Å². The molecule has 0 aliphatic heterocycles. The first kappa shape index (κ1) is 39.0. The number of anilines is 9. The van der Waals surface area contributed by atoms with E-state index in [2.05, 4.69) is 276 Å². The minimum atomic E-state index is 0.356. The fourth-order valence-electron chi connectivity index (χ4n) is 8.72. The molecule has 0 amide bonds. The molecule has 0 fully saturated rings. The Morgan fingerprint density at radius 3 is 0.844 bits per heavy atom. The van der Waals surface area contributed by atoms with Gasteiger partial charge < -0.3 is 9.80 Å². The quantitative estimate of drug-likeness (QED) is 0.120. The van der Waals surface area contributed by atoms with Gasteiger partial charge in [0.2, 0.25) is 0 Å². The third-order valence-corrected chi connectivity index (χ3v) is 14.3. The van der Waals surface area contributed by atoms with E-state index in [0.29, 0.717) is 14.5 Å². The summed E-state index contributed by atoms with van der Waals surface area (Å²) in [5, 5.41) is 2.75. The van der Waals surface area contributed by atoms with Gasteiger partial charge in [-0.15, -0.1) is 0 Å². The molecule has 0 saturated carbocycles. The second-order valence-electron chi connectivity index (χ2n) is 15.8. The molecule has 4 heteroatoms. The predicted molar refractivity (Wildman–Crippen MR) is 273 cm³/mol. The van der Waals surface area contributed by atoms with Crippen molar-refractivity contribution in [2.75, 3.05) is 14.7 Å². The monoisotopic (exact) mass is 885 g/mol. The molecule has 0 N–H and O–H groups in total. The zero-order chi connectivity index (χ0) is 42.7. The standard InChI is InChI=1S/C60H43N3Se/c1-5-15-48(16-6-1)61(49-17-7-2-8-18-49)52-32-25-44(26-33-52)45-27-34-53(35-28-45)63(56-40-38-55(39-41-56)62(50-19-9-3-10-20-50)51-21-11-4-12-22-51)54-36-29-46(30-37-54)47-31-42-60-58(43-47)57-23-13-14-24-59(57)64-60/h1-43H. The van der Waals surface area contributed by atoms with Gasteiger partial charge in [0, 0.05) is 34.1 Å². The molecule has 304 valence electrons. The third kappa shape index (κ3) is 7.78. The van der Waals surface area contributed by atoms with Crippen molar-refractivity contribution in [2.24, 2.45) is 0 Å². The first-order valence-corrected chi connectivity index (χ1v) is 23.4. The smallest absolute Gasteiger partial charge is 0.0602 e. The molecule has 3 nitrogen and oxygen atoms in total. The zero-order valence-corrected chi connectivity index (χ0v) is 36.8. The van der Waals surface area contributed by atoms with Gasteiger partial charge in [0.1, 0.15) is 0 Å². The maximum atomic E-state index is 2.38. The van der Waals surface area contributed by atoms with Crippen LogP contribution in [-0.4, -0.2) is 14.5 Å². The second kappa shape index (κ2) is 17.5. The van der Waals surface area contributed by atoms with Crippen LogP contribution in [0.5, 0.6) is 0 Å². The number of hydrogen-bond acceptors (Lipinski definition) is 3. The van der Waals surface area contributed by atoms with Crippen molar-refractivity contribution in [1.82, 2.24) is 0 Å². The number of nitrogens with zero attached hydrogens (tertiary/aromatic N) is 3. The molecule has 11 rings (SSSR count). The number of para-hydroxylation sites is 4. The van der Waals surface area contributed by atoms with Crippen molar-refractivity contribution in [2.45, 2.75) is 0 Å². The van der Waals surface area contributed by atoms with Crippen molar-refractivity contribution < 1.29 is 0 Å². The Kier molecular flexibility index (Phi) is 10.6. The van der Waals surface area contributed by atoms with Gasteiger partial charge >= 0.3 is 182 Å². The molecule has 1 aromatic heterocycles. The van der Waals surface area contributed by atoms with Crippen LogP contribution >= 0.6 is 0 Å². The Balaban J connectivity index is 0.942. The van der Waals surface area contributed by atoms with Gasteiger partial charge in [0.05, 0.1) is 0 Å². The molecule has 64 heavy (non-hydrogen) atoms. The molecular formula is C60H43N3Se. The van der Waals surface area contributed by atoms with E-state index in [-0.39, 0.29) is 0 Å². The van der Waals surface area contributed by atoms with E-state index in [4.69, 9.17) is 0 Å². The van der Waals surface area contributed by atoms with Crippen LogP contribution in [0.2, 0.25) is 0 Å². The van der Waals surface area contributed by atoms with Gasteiger partial charge in [-0.1, -0.05) is 84.9 Å². The van der Waals surface area contributed by atoms with Gasteiger partial charge in [-0.2, -0.15) is 0 Å². The SMILES string of the molecule is c1ccc(N(c2ccccc2)c2ccc(-c3ccc(N(c4ccc(-c5ccc6[se]c7ccccc7c6c5)cc4)c4ccc(N(c5ccccc5)c5ccccc5)cc4)cc3)cc2)cc1. The topological polar surface area (TPSA) is 9.72 Å².